The van der Waals surface area contributed by atoms with Gasteiger partial charge in [-0.2, -0.15) is 5.10 Å². The minimum absolute atomic E-state index is 0.0791. The number of esters is 1. The maximum absolute atomic E-state index is 12.5. The van der Waals surface area contributed by atoms with Crippen LogP contribution in [0.15, 0.2) is 70.2 Å². The molecule has 0 saturated carbocycles. The van der Waals surface area contributed by atoms with E-state index in [1.165, 1.54) is 6.21 Å². The summed E-state index contributed by atoms with van der Waals surface area (Å²) in [6.07, 6.45) is 1.40. The highest BCUT2D eigenvalue weighted by Gasteiger charge is 2.15. The van der Waals surface area contributed by atoms with Gasteiger partial charge in [0.25, 0.3) is 0 Å². The summed E-state index contributed by atoms with van der Waals surface area (Å²) in [6.45, 7) is 8.05. The van der Waals surface area contributed by atoms with Gasteiger partial charge in [-0.1, -0.05) is 11.6 Å². The fourth-order valence-electron chi connectivity index (χ4n) is 4.12. The molecule has 4 aromatic rings. The minimum Gasteiger partial charge on any atom is -0.490 e. The van der Waals surface area contributed by atoms with Gasteiger partial charge in [-0.25, -0.2) is 10.2 Å². The maximum atomic E-state index is 12.5. The Morgan fingerprint density at radius 2 is 1.69 bits per heavy atom. The van der Waals surface area contributed by atoms with Gasteiger partial charge in [0.1, 0.15) is 18.1 Å². The zero-order valence-corrected chi connectivity index (χ0v) is 24.6. The molecule has 0 bridgehead atoms. The lowest BCUT2D eigenvalue weighted by Gasteiger charge is -2.14. The van der Waals surface area contributed by atoms with Crippen LogP contribution in [0.4, 0.5) is 0 Å². The first kappa shape index (κ1) is 30.3. The Bertz CT molecular complexity index is 1540. The summed E-state index contributed by atoms with van der Waals surface area (Å²) < 4.78 is 29.6. The molecule has 0 spiro atoms. The zero-order valence-electron chi connectivity index (χ0n) is 23.8. The van der Waals surface area contributed by atoms with Crippen molar-refractivity contribution in [3.8, 4) is 22.9 Å². The van der Waals surface area contributed by atoms with Crippen LogP contribution in [0.25, 0.3) is 5.69 Å². The highest BCUT2D eigenvalue weighted by Crippen LogP contribution is 2.36. The number of aromatic nitrogens is 1. The number of nitrogens with one attached hydrogen (secondary N) is 1. The van der Waals surface area contributed by atoms with Crippen molar-refractivity contribution in [2.75, 3.05) is 19.8 Å². The molecule has 11 heteroatoms. The molecule has 0 atom stereocenters. The number of benzene rings is 2. The monoisotopic (exact) mass is 593 g/mol. The van der Waals surface area contributed by atoms with Gasteiger partial charge < -0.3 is 27.9 Å². The van der Waals surface area contributed by atoms with Crippen LogP contribution in [-0.2, 0) is 16.1 Å². The average molecular weight is 594 g/mol. The van der Waals surface area contributed by atoms with Gasteiger partial charge in [0.15, 0.2) is 23.9 Å². The van der Waals surface area contributed by atoms with E-state index in [0.717, 1.165) is 17.1 Å². The van der Waals surface area contributed by atoms with E-state index in [4.69, 9.17) is 35.0 Å². The fraction of sp³-hybridized carbons (Fsp3) is 0.258. The second-order valence-corrected chi connectivity index (χ2v) is 9.46. The number of halogens is 1. The first-order chi connectivity index (χ1) is 20.3. The largest absolute Gasteiger partial charge is 0.490 e. The van der Waals surface area contributed by atoms with Gasteiger partial charge in [0.2, 0.25) is 0 Å². The van der Waals surface area contributed by atoms with E-state index in [0.29, 0.717) is 29.4 Å². The summed E-state index contributed by atoms with van der Waals surface area (Å²) in [6, 6.07) is 18.3. The highest BCUT2D eigenvalue weighted by molar-refractivity contribution is 6.32. The lowest BCUT2D eigenvalue weighted by atomic mass is 10.2. The first-order valence-electron chi connectivity index (χ1n) is 13.3. The topological polar surface area (TPSA) is 114 Å². The van der Waals surface area contributed by atoms with Crippen LogP contribution < -0.4 is 19.6 Å². The summed E-state index contributed by atoms with van der Waals surface area (Å²) >= 11 is 6.35. The van der Waals surface area contributed by atoms with Crippen molar-refractivity contribution in [2.45, 2.75) is 34.3 Å². The molecule has 2 heterocycles. The number of hydrogen-bond acceptors (Lipinski definition) is 8. The van der Waals surface area contributed by atoms with Crippen LogP contribution in [0.5, 0.6) is 17.2 Å². The Hall–Kier alpha value is -4.70. The summed E-state index contributed by atoms with van der Waals surface area (Å²) in [5.74, 6) is 0.708. The third kappa shape index (κ3) is 7.73. The molecule has 42 heavy (non-hydrogen) atoms. The Kier molecular flexibility index (Phi) is 10.3. The standard InChI is InChI=1S/C31H32ClN3O7/c1-5-38-28-16-22(15-26(32)30(28)41-19-29(36)39-6-2)17-33-34-31(37)27-14-13-25(42-27)18-40-24-11-9-23(10-12-24)35-20(3)7-8-21(35)4/h7-17H,5-6,18-19H2,1-4H3,(H,34,37)/b33-17+. The predicted molar refractivity (Wildman–Crippen MR) is 158 cm³/mol. The van der Waals surface area contributed by atoms with Crippen LogP contribution in [0.1, 0.15) is 47.1 Å². The predicted octanol–water partition coefficient (Wildman–Crippen LogP) is 6.02. The Balaban J connectivity index is 1.32. The number of nitrogens with zero attached hydrogens (tertiary/aromatic N) is 2. The first-order valence-corrected chi connectivity index (χ1v) is 13.7. The number of carbonyl (C=O) groups is 2. The van der Waals surface area contributed by atoms with E-state index in [2.05, 4.69) is 41.1 Å². The van der Waals surface area contributed by atoms with Crippen LogP contribution in [0.3, 0.4) is 0 Å². The van der Waals surface area contributed by atoms with Crippen molar-refractivity contribution in [2.24, 2.45) is 5.10 Å². The van der Waals surface area contributed by atoms with E-state index in [9.17, 15) is 9.59 Å². The molecule has 1 N–H and O–H groups in total. The Morgan fingerprint density at radius 1 is 0.952 bits per heavy atom. The third-order valence-electron chi connectivity index (χ3n) is 5.98. The lowest BCUT2D eigenvalue weighted by molar-refractivity contribution is -0.145. The van der Waals surface area contributed by atoms with E-state index >= 15 is 0 Å². The maximum Gasteiger partial charge on any atom is 0.344 e. The number of amides is 1. The Morgan fingerprint density at radius 3 is 2.38 bits per heavy atom. The molecule has 0 fully saturated rings. The molecule has 0 radical (unpaired) electrons. The second-order valence-electron chi connectivity index (χ2n) is 9.06. The average Bonchev–Trinajstić information content (AvgIpc) is 3.58. The van der Waals surface area contributed by atoms with Crippen molar-refractivity contribution < 1.29 is 33.0 Å². The molecular weight excluding hydrogens is 562 g/mol. The number of ether oxygens (including phenoxy) is 4. The van der Waals surface area contributed by atoms with Gasteiger partial charge >= 0.3 is 11.9 Å². The summed E-state index contributed by atoms with van der Waals surface area (Å²) in [5, 5.41) is 4.19. The van der Waals surface area contributed by atoms with E-state index < -0.39 is 11.9 Å². The second kappa shape index (κ2) is 14.3. The van der Waals surface area contributed by atoms with Crippen molar-refractivity contribution in [1.82, 2.24) is 9.99 Å². The molecule has 1 amide bonds. The smallest absolute Gasteiger partial charge is 0.344 e. The number of furan rings is 1. The van der Waals surface area contributed by atoms with Crippen molar-refractivity contribution in [1.29, 1.82) is 0 Å². The van der Waals surface area contributed by atoms with Gasteiger partial charge in [-0.15, -0.1) is 0 Å². The highest BCUT2D eigenvalue weighted by atomic mass is 35.5. The molecule has 0 saturated heterocycles. The molecule has 0 aliphatic rings. The Labute approximate surface area is 248 Å². The number of rotatable bonds is 13. The van der Waals surface area contributed by atoms with Crippen molar-refractivity contribution in [3.05, 3.63) is 94.2 Å². The molecule has 4 rings (SSSR count). The fourth-order valence-corrected chi connectivity index (χ4v) is 4.39. The summed E-state index contributed by atoms with van der Waals surface area (Å²) in [4.78, 5) is 24.2. The van der Waals surface area contributed by atoms with Crippen molar-refractivity contribution in [3.63, 3.8) is 0 Å². The van der Waals surface area contributed by atoms with Crippen LogP contribution >= 0.6 is 11.6 Å². The SMILES string of the molecule is CCOC(=O)COc1c(Cl)cc(/C=N/NC(=O)c2ccc(COc3ccc(-n4c(C)ccc4C)cc3)o2)cc1OCC. The summed E-state index contributed by atoms with van der Waals surface area (Å²) in [5.41, 5.74) is 6.31. The van der Waals surface area contributed by atoms with E-state index in [1.807, 2.05) is 24.3 Å². The minimum atomic E-state index is -0.537. The number of carbonyl (C=O) groups excluding carboxylic acids is 2. The lowest BCUT2D eigenvalue weighted by Crippen LogP contribution is -2.17. The van der Waals surface area contributed by atoms with Crippen LogP contribution in [0, 0.1) is 13.8 Å². The normalized spacial score (nSPS) is 11.0. The van der Waals surface area contributed by atoms with E-state index in [-0.39, 0.29) is 36.4 Å². The molecule has 2 aromatic heterocycles. The third-order valence-corrected chi connectivity index (χ3v) is 6.26. The van der Waals surface area contributed by atoms with Crippen LogP contribution in [-0.4, -0.2) is 42.5 Å². The number of hydrogen-bond donors (Lipinski definition) is 1. The molecule has 0 unspecified atom stereocenters. The molecule has 0 aliphatic carbocycles. The van der Waals surface area contributed by atoms with Gasteiger partial charge in [-0.05, 0) is 93.9 Å². The van der Waals surface area contributed by atoms with Gasteiger partial charge in [-0.3, -0.25) is 4.79 Å². The van der Waals surface area contributed by atoms with Crippen molar-refractivity contribution >= 4 is 29.7 Å². The molecule has 0 aliphatic heterocycles. The van der Waals surface area contributed by atoms with E-state index in [1.54, 1.807) is 38.1 Å². The van der Waals surface area contributed by atoms with Gasteiger partial charge in [0.05, 0.1) is 24.5 Å². The molecule has 10 nitrogen and oxygen atoms in total. The number of hydrazone groups is 1. The quantitative estimate of drug-likeness (QED) is 0.114. The molecule has 2 aromatic carbocycles. The molecule has 220 valence electrons. The molecular formula is C31H32ClN3O7. The number of aryl methyl sites for hydroxylation is 2. The van der Waals surface area contributed by atoms with Gasteiger partial charge in [0, 0.05) is 17.1 Å². The summed E-state index contributed by atoms with van der Waals surface area (Å²) in [7, 11) is 0. The zero-order chi connectivity index (χ0) is 30.1. The van der Waals surface area contributed by atoms with Crippen LogP contribution in [0.2, 0.25) is 5.02 Å².